The predicted molar refractivity (Wildman–Crippen MR) is 63.1 cm³/mol. The molecule has 0 radical (unpaired) electrons. The Bertz CT molecular complexity index is 390. The van der Waals surface area contributed by atoms with E-state index >= 15 is 0 Å². The van der Waals surface area contributed by atoms with Crippen LogP contribution in [0.4, 0.5) is 0 Å². The van der Waals surface area contributed by atoms with Gasteiger partial charge in [-0.1, -0.05) is 0 Å². The van der Waals surface area contributed by atoms with E-state index in [9.17, 15) is 0 Å². The average molecular weight is 221 g/mol. The fourth-order valence-corrected chi connectivity index (χ4v) is 1.65. The molecule has 2 rings (SSSR count). The number of aryl methyl sites for hydroxylation is 4. The topological polar surface area (TPSA) is 38.7 Å². The van der Waals surface area contributed by atoms with Gasteiger partial charge in [0.05, 0.1) is 5.01 Å². The normalized spacial score (nSPS) is 9.33. The molecule has 80 valence electrons. The lowest BCUT2D eigenvalue weighted by atomic mass is 10.4. The third kappa shape index (κ3) is 4.65. The molecule has 0 aliphatic carbocycles. The monoisotopic (exact) mass is 221 g/mol. The standard InChI is InChI=1S/C6H8N2.C5H7NS/c1-5-3-6(2)8-4-7-5;1-4-3-7-5(2)6-4/h3-4H,1-2H3;3H,1-2H3. The Labute approximate surface area is 94.3 Å². The zero-order valence-electron chi connectivity index (χ0n) is 9.48. The van der Waals surface area contributed by atoms with Crippen molar-refractivity contribution in [1.82, 2.24) is 15.0 Å². The summed E-state index contributed by atoms with van der Waals surface area (Å²) in [6, 6.07) is 1.94. The lowest BCUT2D eigenvalue weighted by molar-refractivity contribution is 1.05. The van der Waals surface area contributed by atoms with Crippen molar-refractivity contribution in [2.24, 2.45) is 0 Å². The number of aromatic nitrogens is 3. The smallest absolute Gasteiger partial charge is 0.115 e. The summed E-state index contributed by atoms with van der Waals surface area (Å²) < 4.78 is 0. The summed E-state index contributed by atoms with van der Waals surface area (Å²) in [4.78, 5) is 12.0. The van der Waals surface area contributed by atoms with Crippen molar-refractivity contribution in [2.45, 2.75) is 27.7 Å². The first-order valence-electron chi connectivity index (χ1n) is 4.72. The maximum absolute atomic E-state index is 4.13. The minimum Gasteiger partial charge on any atom is -0.247 e. The molecule has 15 heavy (non-hydrogen) atoms. The Balaban J connectivity index is 0.000000151. The van der Waals surface area contributed by atoms with E-state index in [4.69, 9.17) is 0 Å². The van der Waals surface area contributed by atoms with Crippen molar-refractivity contribution < 1.29 is 0 Å². The Morgan fingerprint density at radius 2 is 1.53 bits per heavy atom. The van der Waals surface area contributed by atoms with Gasteiger partial charge in [-0.15, -0.1) is 11.3 Å². The second-order valence-corrected chi connectivity index (χ2v) is 4.37. The largest absolute Gasteiger partial charge is 0.247 e. The van der Waals surface area contributed by atoms with Crippen LogP contribution >= 0.6 is 11.3 Å². The van der Waals surface area contributed by atoms with Gasteiger partial charge in [0.15, 0.2) is 0 Å². The van der Waals surface area contributed by atoms with Crippen LogP contribution in [0, 0.1) is 27.7 Å². The van der Waals surface area contributed by atoms with Gasteiger partial charge in [-0.25, -0.2) is 15.0 Å². The van der Waals surface area contributed by atoms with Crippen molar-refractivity contribution >= 4 is 11.3 Å². The van der Waals surface area contributed by atoms with Crippen LogP contribution in [0.3, 0.4) is 0 Å². The van der Waals surface area contributed by atoms with Gasteiger partial charge < -0.3 is 0 Å². The minimum absolute atomic E-state index is 1.03. The highest BCUT2D eigenvalue weighted by Crippen LogP contribution is 2.04. The van der Waals surface area contributed by atoms with Crippen LogP contribution in [0.2, 0.25) is 0 Å². The van der Waals surface area contributed by atoms with Crippen LogP contribution in [0.1, 0.15) is 22.1 Å². The lowest BCUT2D eigenvalue weighted by Crippen LogP contribution is -1.84. The molecule has 2 aromatic rings. The van der Waals surface area contributed by atoms with E-state index in [0.29, 0.717) is 0 Å². The van der Waals surface area contributed by atoms with Crippen LogP contribution in [0.15, 0.2) is 17.8 Å². The van der Waals surface area contributed by atoms with Gasteiger partial charge in [0, 0.05) is 22.5 Å². The summed E-state index contributed by atoms with van der Waals surface area (Å²) in [5, 5.41) is 3.20. The summed E-state index contributed by atoms with van der Waals surface area (Å²) in [5.74, 6) is 0. The van der Waals surface area contributed by atoms with E-state index in [1.54, 1.807) is 17.7 Å². The fraction of sp³-hybridized carbons (Fsp3) is 0.364. The van der Waals surface area contributed by atoms with Crippen molar-refractivity contribution in [3.63, 3.8) is 0 Å². The molecule has 2 heterocycles. The van der Waals surface area contributed by atoms with Crippen LogP contribution < -0.4 is 0 Å². The van der Waals surface area contributed by atoms with E-state index < -0.39 is 0 Å². The van der Waals surface area contributed by atoms with Gasteiger partial charge in [-0.3, -0.25) is 0 Å². The second kappa shape index (κ2) is 5.56. The predicted octanol–water partition coefficient (Wildman–Crippen LogP) is 2.85. The van der Waals surface area contributed by atoms with Crippen molar-refractivity contribution in [2.75, 3.05) is 0 Å². The van der Waals surface area contributed by atoms with Gasteiger partial charge in [-0.05, 0) is 33.8 Å². The van der Waals surface area contributed by atoms with E-state index in [2.05, 4.69) is 20.3 Å². The lowest BCUT2D eigenvalue weighted by Gasteiger charge is -1.89. The molecule has 0 aliphatic rings. The molecular weight excluding hydrogens is 206 g/mol. The third-order valence-electron chi connectivity index (χ3n) is 1.67. The number of rotatable bonds is 0. The van der Waals surface area contributed by atoms with Gasteiger partial charge in [0.25, 0.3) is 0 Å². The summed E-state index contributed by atoms with van der Waals surface area (Å²) in [6.45, 7) is 7.92. The van der Waals surface area contributed by atoms with E-state index in [0.717, 1.165) is 22.1 Å². The summed E-state index contributed by atoms with van der Waals surface area (Å²) in [5.41, 5.74) is 3.18. The summed E-state index contributed by atoms with van der Waals surface area (Å²) >= 11 is 1.69. The van der Waals surface area contributed by atoms with Crippen LogP contribution in [-0.2, 0) is 0 Å². The molecule has 0 bridgehead atoms. The zero-order valence-corrected chi connectivity index (χ0v) is 10.3. The van der Waals surface area contributed by atoms with Gasteiger partial charge in [0.2, 0.25) is 0 Å². The molecule has 4 heteroatoms. The fourth-order valence-electron chi connectivity index (χ4n) is 1.06. The number of hydrogen-bond acceptors (Lipinski definition) is 4. The molecule has 0 saturated carbocycles. The maximum atomic E-state index is 4.13. The molecule has 0 amide bonds. The number of thiazole rings is 1. The van der Waals surface area contributed by atoms with Gasteiger partial charge >= 0.3 is 0 Å². The highest BCUT2D eigenvalue weighted by atomic mass is 32.1. The minimum atomic E-state index is 1.03. The molecule has 0 saturated heterocycles. The Kier molecular flexibility index (Phi) is 4.37. The molecule has 0 N–H and O–H groups in total. The highest BCUT2D eigenvalue weighted by Gasteiger charge is 1.86. The van der Waals surface area contributed by atoms with E-state index in [1.165, 1.54) is 0 Å². The van der Waals surface area contributed by atoms with Gasteiger partial charge in [0.1, 0.15) is 6.33 Å². The summed E-state index contributed by atoms with van der Waals surface area (Å²) in [6.07, 6.45) is 1.57. The first kappa shape index (κ1) is 11.8. The molecule has 0 spiro atoms. The quantitative estimate of drug-likeness (QED) is 0.686. The van der Waals surface area contributed by atoms with E-state index in [1.807, 2.05) is 33.8 Å². The first-order chi connectivity index (χ1) is 7.08. The van der Waals surface area contributed by atoms with Crippen LogP contribution in [-0.4, -0.2) is 15.0 Å². The molecule has 0 atom stereocenters. The third-order valence-corrected chi connectivity index (χ3v) is 2.57. The molecule has 0 aromatic carbocycles. The number of nitrogens with zero attached hydrogens (tertiary/aromatic N) is 3. The Morgan fingerprint density at radius 3 is 1.73 bits per heavy atom. The second-order valence-electron chi connectivity index (χ2n) is 3.31. The van der Waals surface area contributed by atoms with Crippen molar-refractivity contribution in [1.29, 1.82) is 0 Å². The first-order valence-corrected chi connectivity index (χ1v) is 5.60. The zero-order chi connectivity index (χ0) is 11.3. The molecule has 2 aromatic heterocycles. The number of hydrogen-bond donors (Lipinski definition) is 0. The Morgan fingerprint density at radius 1 is 0.933 bits per heavy atom. The van der Waals surface area contributed by atoms with Crippen LogP contribution in [0.5, 0.6) is 0 Å². The van der Waals surface area contributed by atoms with E-state index in [-0.39, 0.29) is 0 Å². The Hall–Kier alpha value is -1.29. The van der Waals surface area contributed by atoms with Crippen molar-refractivity contribution in [3.8, 4) is 0 Å². The molecule has 0 unspecified atom stereocenters. The van der Waals surface area contributed by atoms with Gasteiger partial charge in [-0.2, -0.15) is 0 Å². The van der Waals surface area contributed by atoms with Crippen LogP contribution in [0.25, 0.3) is 0 Å². The molecular formula is C11H15N3S. The molecule has 3 nitrogen and oxygen atoms in total. The van der Waals surface area contributed by atoms with Crippen molar-refractivity contribution in [3.05, 3.63) is 39.9 Å². The molecule has 0 aliphatic heterocycles. The SMILES string of the molecule is Cc1cc(C)ncn1.Cc1csc(C)n1. The summed E-state index contributed by atoms with van der Waals surface area (Å²) in [7, 11) is 0. The maximum Gasteiger partial charge on any atom is 0.115 e. The molecule has 0 fully saturated rings. The highest BCUT2D eigenvalue weighted by molar-refractivity contribution is 7.09. The average Bonchev–Trinajstić information content (AvgIpc) is 2.50.